The second-order valence-corrected chi connectivity index (χ2v) is 7.98. The Labute approximate surface area is 183 Å². The number of carbonyl (C=O) groups excluding carboxylic acids is 2. The molecule has 0 atom stereocenters. The largest absolute Gasteiger partial charge is 0.497 e. The van der Waals surface area contributed by atoms with E-state index >= 15 is 0 Å². The Morgan fingerprint density at radius 1 is 0.871 bits per heavy atom. The molecule has 1 aliphatic rings. The molecule has 0 bridgehead atoms. The SMILES string of the molecule is COc1ccc(/C=C2\CC(C(=O)NC(C)C)C/C(=C\c3ccc(OC)cc3)C2=O)cc1. The van der Waals surface area contributed by atoms with Gasteiger partial charge in [0.2, 0.25) is 5.91 Å². The summed E-state index contributed by atoms with van der Waals surface area (Å²) < 4.78 is 10.4. The van der Waals surface area contributed by atoms with Crippen LogP contribution in [0.3, 0.4) is 0 Å². The second kappa shape index (κ2) is 10.1. The van der Waals surface area contributed by atoms with Crippen LogP contribution >= 0.6 is 0 Å². The van der Waals surface area contributed by atoms with Crippen molar-refractivity contribution in [2.75, 3.05) is 14.2 Å². The predicted molar refractivity (Wildman–Crippen MR) is 123 cm³/mol. The van der Waals surface area contributed by atoms with Crippen LogP contribution < -0.4 is 14.8 Å². The molecule has 0 spiro atoms. The third kappa shape index (κ3) is 5.85. The molecular weight excluding hydrogens is 390 g/mol. The number of rotatable bonds is 6. The van der Waals surface area contributed by atoms with E-state index in [9.17, 15) is 9.59 Å². The first-order valence-corrected chi connectivity index (χ1v) is 10.4. The van der Waals surface area contributed by atoms with Gasteiger partial charge >= 0.3 is 0 Å². The van der Waals surface area contributed by atoms with Crippen molar-refractivity contribution in [3.05, 3.63) is 70.8 Å². The Morgan fingerprint density at radius 2 is 1.29 bits per heavy atom. The molecule has 1 amide bonds. The Hall–Kier alpha value is -3.34. The van der Waals surface area contributed by atoms with E-state index in [-0.39, 0.29) is 23.7 Å². The number of Topliss-reactive ketones (excluding diaryl/α,β-unsaturated/α-hetero) is 1. The molecule has 0 saturated heterocycles. The normalized spacial score (nSPS) is 19.0. The molecular formula is C26H29NO4. The van der Waals surface area contributed by atoms with Crippen molar-refractivity contribution in [1.29, 1.82) is 0 Å². The number of carbonyl (C=O) groups is 2. The number of amides is 1. The molecule has 2 aromatic rings. The van der Waals surface area contributed by atoms with Crippen LogP contribution in [0, 0.1) is 5.92 Å². The molecule has 31 heavy (non-hydrogen) atoms. The molecule has 0 radical (unpaired) electrons. The van der Waals surface area contributed by atoms with Gasteiger partial charge in [0.15, 0.2) is 5.78 Å². The van der Waals surface area contributed by atoms with Crippen LogP contribution in [0.4, 0.5) is 0 Å². The summed E-state index contributed by atoms with van der Waals surface area (Å²) in [7, 11) is 3.23. The summed E-state index contributed by atoms with van der Waals surface area (Å²) in [5, 5.41) is 2.99. The molecule has 5 nitrogen and oxygen atoms in total. The number of nitrogens with one attached hydrogen (secondary N) is 1. The monoisotopic (exact) mass is 419 g/mol. The van der Waals surface area contributed by atoms with Crippen molar-refractivity contribution in [3.8, 4) is 11.5 Å². The number of allylic oxidation sites excluding steroid dienone is 2. The van der Waals surface area contributed by atoms with Crippen LogP contribution in [0.15, 0.2) is 59.7 Å². The van der Waals surface area contributed by atoms with Gasteiger partial charge in [-0.2, -0.15) is 0 Å². The first-order valence-electron chi connectivity index (χ1n) is 10.4. The van der Waals surface area contributed by atoms with Gasteiger partial charge in [-0.05, 0) is 74.2 Å². The van der Waals surface area contributed by atoms with Gasteiger partial charge in [0.25, 0.3) is 0 Å². The molecule has 162 valence electrons. The number of ketones is 1. The summed E-state index contributed by atoms with van der Waals surface area (Å²) in [6.45, 7) is 3.88. The summed E-state index contributed by atoms with van der Waals surface area (Å²) in [5.41, 5.74) is 3.08. The van der Waals surface area contributed by atoms with Gasteiger partial charge in [0.1, 0.15) is 11.5 Å². The van der Waals surface area contributed by atoms with E-state index in [1.165, 1.54) is 0 Å². The maximum atomic E-state index is 13.3. The van der Waals surface area contributed by atoms with Crippen LogP contribution in [0.5, 0.6) is 11.5 Å². The van der Waals surface area contributed by atoms with E-state index < -0.39 is 0 Å². The Bertz CT molecular complexity index is 916. The zero-order chi connectivity index (χ0) is 22.4. The summed E-state index contributed by atoms with van der Waals surface area (Å²) in [6, 6.07) is 15.1. The molecule has 1 saturated carbocycles. The molecule has 0 aromatic heterocycles. The minimum atomic E-state index is -0.283. The van der Waals surface area contributed by atoms with Gasteiger partial charge in [-0.25, -0.2) is 0 Å². The fourth-order valence-corrected chi connectivity index (χ4v) is 3.63. The van der Waals surface area contributed by atoms with Crippen LogP contribution in [-0.4, -0.2) is 32.0 Å². The first kappa shape index (κ1) is 22.3. The Kier molecular flexibility index (Phi) is 7.29. The average molecular weight is 420 g/mol. The molecule has 0 aliphatic heterocycles. The highest BCUT2D eigenvalue weighted by Gasteiger charge is 2.32. The van der Waals surface area contributed by atoms with Gasteiger partial charge in [0, 0.05) is 23.1 Å². The van der Waals surface area contributed by atoms with Gasteiger partial charge in [0.05, 0.1) is 14.2 Å². The van der Waals surface area contributed by atoms with Crippen LogP contribution in [0.2, 0.25) is 0 Å². The fourth-order valence-electron chi connectivity index (χ4n) is 3.63. The summed E-state index contributed by atoms with van der Waals surface area (Å²) >= 11 is 0. The Morgan fingerprint density at radius 3 is 1.65 bits per heavy atom. The van der Waals surface area contributed by atoms with E-state index in [0.717, 1.165) is 22.6 Å². The predicted octanol–water partition coefficient (Wildman–Crippen LogP) is 4.67. The lowest BCUT2D eigenvalue weighted by Crippen LogP contribution is -2.38. The third-order valence-electron chi connectivity index (χ3n) is 5.23. The minimum absolute atomic E-state index is 0.0137. The Balaban J connectivity index is 1.94. The molecule has 2 aromatic carbocycles. The third-order valence-corrected chi connectivity index (χ3v) is 5.23. The van der Waals surface area contributed by atoms with Crippen molar-refractivity contribution in [2.24, 2.45) is 5.92 Å². The molecule has 1 aliphatic carbocycles. The molecule has 0 heterocycles. The molecule has 5 heteroatoms. The lowest BCUT2D eigenvalue weighted by molar-refractivity contribution is -0.126. The summed E-state index contributed by atoms with van der Waals surface area (Å²) in [5.74, 6) is 1.19. The van der Waals surface area contributed by atoms with Gasteiger partial charge in [-0.3, -0.25) is 9.59 Å². The number of hydrogen-bond acceptors (Lipinski definition) is 4. The topological polar surface area (TPSA) is 64.6 Å². The smallest absolute Gasteiger partial charge is 0.223 e. The highest BCUT2D eigenvalue weighted by Crippen LogP contribution is 2.33. The lowest BCUT2D eigenvalue weighted by atomic mass is 9.79. The minimum Gasteiger partial charge on any atom is -0.497 e. The molecule has 3 rings (SSSR count). The van der Waals surface area contributed by atoms with Crippen LogP contribution in [0.1, 0.15) is 37.8 Å². The van der Waals surface area contributed by atoms with Crippen LogP contribution in [0.25, 0.3) is 12.2 Å². The summed E-state index contributed by atoms with van der Waals surface area (Å²) in [6.07, 6.45) is 4.59. The zero-order valence-corrected chi connectivity index (χ0v) is 18.5. The van der Waals surface area contributed by atoms with E-state index in [1.807, 2.05) is 74.5 Å². The number of benzene rings is 2. The van der Waals surface area contributed by atoms with Crippen molar-refractivity contribution < 1.29 is 19.1 Å². The van der Waals surface area contributed by atoms with Crippen molar-refractivity contribution >= 4 is 23.8 Å². The number of hydrogen-bond donors (Lipinski definition) is 1. The standard InChI is InChI=1S/C26H29NO4/c1-17(2)27-26(29)22-15-20(13-18-5-9-23(30-3)10-6-18)25(28)21(16-22)14-19-7-11-24(31-4)12-8-19/h5-14,17,22H,15-16H2,1-4H3,(H,27,29)/b20-13+,21-14+. The van der Waals surface area contributed by atoms with Crippen molar-refractivity contribution in [1.82, 2.24) is 5.32 Å². The fraction of sp³-hybridized carbons (Fsp3) is 0.308. The van der Waals surface area contributed by atoms with Crippen LogP contribution in [-0.2, 0) is 9.59 Å². The van der Waals surface area contributed by atoms with E-state index in [0.29, 0.717) is 24.0 Å². The van der Waals surface area contributed by atoms with Gasteiger partial charge in [-0.1, -0.05) is 24.3 Å². The zero-order valence-electron chi connectivity index (χ0n) is 18.5. The average Bonchev–Trinajstić information content (AvgIpc) is 2.77. The van der Waals surface area contributed by atoms with E-state index in [4.69, 9.17) is 9.47 Å². The first-order chi connectivity index (χ1) is 14.9. The van der Waals surface area contributed by atoms with Crippen molar-refractivity contribution in [3.63, 3.8) is 0 Å². The van der Waals surface area contributed by atoms with Gasteiger partial charge in [-0.15, -0.1) is 0 Å². The number of methoxy groups -OCH3 is 2. The van der Waals surface area contributed by atoms with E-state index in [2.05, 4.69) is 5.32 Å². The highest BCUT2D eigenvalue weighted by molar-refractivity contribution is 6.15. The second-order valence-electron chi connectivity index (χ2n) is 7.98. The highest BCUT2D eigenvalue weighted by atomic mass is 16.5. The lowest BCUT2D eigenvalue weighted by Gasteiger charge is -2.26. The number of ether oxygens (including phenoxy) is 2. The molecule has 1 fully saturated rings. The molecule has 1 N–H and O–H groups in total. The quantitative estimate of drug-likeness (QED) is 0.691. The maximum absolute atomic E-state index is 13.3. The van der Waals surface area contributed by atoms with Gasteiger partial charge < -0.3 is 14.8 Å². The summed E-state index contributed by atoms with van der Waals surface area (Å²) in [4.78, 5) is 26.0. The maximum Gasteiger partial charge on any atom is 0.223 e. The van der Waals surface area contributed by atoms with Crippen molar-refractivity contribution in [2.45, 2.75) is 32.7 Å². The molecule has 0 unspecified atom stereocenters. The van der Waals surface area contributed by atoms with E-state index in [1.54, 1.807) is 14.2 Å².